The Kier molecular flexibility index (Phi) is 6.12. The molecule has 6 heteroatoms. The largest absolute Gasteiger partial charge is 0.497 e. The minimum atomic E-state index is 0.0278. The number of carbonyl (C=O) groups excluding carboxylic acids is 2. The van der Waals surface area contributed by atoms with E-state index in [-0.39, 0.29) is 17.9 Å². The molecule has 1 aromatic carbocycles. The highest BCUT2D eigenvalue weighted by atomic mass is 16.5. The molecule has 6 nitrogen and oxygen atoms in total. The summed E-state index contributed by atoms with van der Waals surface area (Å²) in [5, 5.41) is 0. The molecule has 0 spiro atoms. The van der Waals surface area contributed by atoms with Crippen LogP contribution in [0.25, 0.3) is 6.08 Å². The number of rotatable bonds is 5. The van der Waals surface area contributed by atoms with Gasteiger partial charge in [-0.15, -0.1) is 0 Å². The Balaban J connectivity index is 1.38. The van der Waals surface area contributed by atoms with Gasteiger partial charge in [-0.1, -0.05) is 18.2 Å². The van der Waals surface area contributed by atoms with Crippen LogP contribution in [-0.4, -0.2) is 52.8 Å². The molecule has 2 fully saturated rings. The summed E-state index contributed by atoms with van der Waals surface area (Å²) < 4.78 is 5.16. The molecule has 0 saturated carbocycles. The number of pyridine rings is 1. The second-order valence-electron chi connectivity index (χ2n) is 7.93. The van der Waals surface area contributed by atoms with E-state index in [1.54, 1.807) is 19.4 Å². The van der Waals surface area contributed by atoms with Crippen molar-refractivity contribution in [2.24, 2.45) is 5.92 Å². The molecular weight excluding hydrogens is 378 g/mol. The number of methoxy groups -OCH3 is 1. The number of aromatic nitrogens is 1. The Morgan fingerprint density at radius 3 is 2.80 bits per heavy atom. The Bertz CT molecular complexity index is 911. The van der Waals surface area contributed by atoms with Crippen molar-refractivity contribution < 1.29 is 14.3 Å². The van der Waals surface area contributed by atoms with Gasteiger partial charge >= 0.3 is 0 Å². The van der Waals surface area contributed by atoms with Gasteiger partial charge in [-0.2, -0.15) is 0 Å². The number of fused-ring (bicyclic) bond motifs is 1. The molecule has 0 N–H and O–H groups in total. The smallest absolute Gasteiger partial charge is 0.246 e. The normalized spacial score (nSPS) is 21.6. The lowest BCUT2D eigenvalue weighted by Crippen LogP contribution is -2.56. The van der Waals surface area contributed by atoms with Crippen LogP contribution in [-0.2, 0) is 16.1 Å². The highest BCUT2D eigenvalue weighted by Gasteiger charge is 2.39. The van der Waals surface area contributed by atoms with Crippen molar-refractivity contribution in [3.63, 3.8) is 0 Å². The van der Waals surface area contributed by atoms with Gasteiger partial charge in [0.15, 0.2) is 0 Å². The minimum absolute atomic E-state index is 0.0278. The molecule has 2 aliphatic rings. The van der Waals surface area contributed by atoms with Crippen molar-refractivity contribution in [3.05, 3.63) is 66.0 Å². The van der Waals surface area contributed by atoms with Crippen LogP contribution in [0, 0.1) is 5.92 Å². The number of hydrogen-bond donors (Lipinski definition) is 0. The van der Waals surface area contributed by atoms with Gasteiger partial charge in [0.25, 0.3) is 0 Å². The number of hydrogen-bond acceptors (Lipinski definition) is 4. The van der Waals surface area contributed by atoms with Crippen molar-refractivity contribution in [1.29, 1.82) is 0 Å². The van der Waals surface area contributed by atoms with E-state index in [9.17, 15) is 9.59 Å². The van der Waals surface area contributed by atoms with Gasteiger partial charge in [0, 0.05) is 50.6 Å². The number of ether oxygens (including phenoxy) is 1. The fourth-order valence-electron chi connectivity index (χ4n) is 4.43. The zero-order valence-corrected chi connectivity index (χ0v) is 17.2. The monoisotopic (exact) mass is 405 g/mol. The van der Waals surface area contributed by atoms with E-state index < -0.39 is 0 Å². The zero-order chi connectivity index (χ0) is 20.9. The molecule has 0 aliphatic carbocycles. The summed E-state index contributed by atoms with van der Waals surface area (Å²) in [6.07, 6.45) is 9.26. The van der Waals surface area contributed by atoms with Gasteiger partial charge in [0.2, 0.25) is 11.8 Å². The van der Waals surface area contributed by atoms with E-state index in [4.69, 9.17) is 4.74 Å². The number of amides is 2. The maximum absolute atomic E-state index is 12.7. The topological polar surface area (TPSA) is 62.7 Å². The summed E-state index contributed by atoms with van der Waals surface area (Å²) in [7, 11) is 1.63. The molecule has 2 atom stereocenters. The van der Waals surface area contributed by atoms with Gasteiger partial charge in [-0.25, -0.2) is 0 Å². The van der Waals surface area contributed by atoms with Crippen molar-refractivity contribution >= 4 is 17.9 Å². The van der Waals surface area contributed by atoms with E-state index >= 15 is 0 Å². The van der Waals surface area contributed by atoms with Crippen molar-refractivity contribution in [1.82, 2.24) is 14.8 Å². The number of benzene rings is 1. The summed E-state index contributed by atoms with van der Waals surface area (Å²) in [4.78, 5) is 33.4. The van der Waals surface area contributed by atoms with Crippen LogP contribution in [0.1, 0.15) is 30.4 Å². The molecule has 2 saturated heterocycles. The third kappa shape index (κ3) is 4.53. The van der Waals surface area contributed by atoms with Gasteiger partial charge in [-0.05, 0) is 54.2 Å². The SMILES string of the molecule is COc1ccc(C=CC(=O)N2CC[C@H]3[C@H](CCC(=O)N3Cc3cccnc3)C2)cc1. The van der Waals surface area contributed by atoms with Gasteiger partial charge < -0.3 is 14.5 Å². The lowest BCUT2D eigenvalue weighted by atomic mass is 9.83. The van der Waals surface area contributed by atoms with E-state index in [0.717, 1.165) is 29.7 Å². The van der Waals surface area contributed by atoms with Crippen LogP contribution in [0.3, 0.4) is 0 Å². The summed E-state index contributed by atoms with van der Waals surface area (Å²) >= 11 is 0. The Morgan fingerprint density at radius 2 is 2.07 bits per heavy atom. The lowest BCUT2D eigenvalue weighted by molar-refractivity contribution is -0.143. The highest BCUT2D eigenvalue weighted by molar-refractivity contribution is 5.92. The molecule has 156 valence electrons. The number of likely N-dealkylation sites (tertiary alicyclic amines) is 2. The quantitative estimate of drug-likeness (QED) is 0.717. The van der Waals surface area contributed by atoms with E-state index in [2.05, 4.69) is 4.98 Å². The fourth-order valence-corrected chi connectivity index (χ4v) is 4.43. The minimum Gasteiger partial charge on any atom is -0.497 e. The molecule has 2 aliphatic heterocycles. The first kappa shape index (κ1) is 20.1. The molecule has 2 aromatic rings. The zero-order valence-electron chi connectivity index (χ0n) is 17.2. The maximum atomic E-state index is 12.7. The van der Waals surface area contributed by atoms with Crippen LogP contribution >= 0.6 is 0 Å². The molecule has 0 radical (unpaired) electrons. The number of nitrogens with zero attached hydrogens (tertiary/aromatic N) is 3. The van der Waals surface area contributed by atoms with Crippen LogP contribution in [0.4, 0.5) is 0 Å². The van der Waals surface area contributed by atoms with E-state index in [1.165, 1.54) is 0 Å². The standard InChI is InChI=1S/C24H27N3O3/c1-30-21-8-4-18(5-9-21)6-10-23(28)26-14-12-22-20(17-26)7-11-24(29)27(22)16-19-3-2-13-25-15-19/h2-6,8-10,13,15,20,22H,7,11-12,14,16-17H2,1H3/t20-,22+/m1/s1. The average Bonchev–Trinajstić information content (AvgIpc) is 2.80. The molecule has 0 unspecified atom stereocenters. The van der Waals surface area contributed by atoms with Crippen LogP contribution in [0.5, 0.6) is 5.75 Å². The Morgan fingerprint density at radius 1 is 1.23 bits per heavy atom. The summed E-state index contributed by atoms with van der Waals surface area (Å²) in [5.74, 6) is 1.36. The first-order valence-electron chi connectivity index (χ1n) is 10.4. The second kappa shape index (κ2) is 9.11. The molecule has 4 rings (SSSR count). The van der Waals surface area contributed by atoms with Crippen LogP contribution < -0.4 is 4.74 Å². The molecule has 30 heavy (non-hydrogen) atoms. The predicted molar refractivity (Wildman–Crippen MR) is 115 cm³/mol. The first-order chi connectivity index (χ1) is 14.6. The molecule has 2 amide bonds. The summed E-state index contributed by atoms with van der Waals surface area (Å²) in [5.41, 5.74) is 2.01. The lowest BCUT2D eigenvalue weighted by Gasteiger charge is -2.47. The average molecular weight is 405 g/mol. The molecule has 3 heterocycles. The highest BCUT2D eigenvalue weighted by Crippen LogP contribution is 2.32. The molecule has 1 aromatic heterocycles. The maximum Gasteiger partial charge on any atom is 0.246 e. The van der Waals surface area contributed by atoms with Crippen molar-refractivity contribution in [2.75, 3.05) is 20.2 Å². The van der Waals surface area contributed by atoms with E-state index in [0.29, 0.717) is 32.0 Å². The molecular formula is C24H27N3O3. The van der Waals surface area contributed by atoms with Gasteiger partial charge in [-0.3, -0.25) is 14.6 Å². The van der Waals surface area contributed by atoms with E-state index in [1.807, 2.05) is 58.5 Å². The number of carbonyl (C=O) groups is 2. The molecule has 0 bridgehead atoms. The predicted octanol–water partition coefficient (Wildman–Crippen LogP) is 3.14. The summed E-state index contributed by atoms with van der Waals surface area (Å²) in [6, 6.07) is 11.7. The van der Waals surface area contributed by atoms with Gasteiger partial charge in [0.1, 0.15) is 5.75 Å². The number of piperidine rings is 2. The Labute approximate surface area is 177 Å². The Hall–Kier alpha value is -3.15. The van der Waals surface area contributed by atoms with Crippen molar-refractivity contribution in [2.45, 2.75) is 31.8 Å². The van der Waals surface area contributed by atoms with Crippen LogP contribution in [0.15, 0.2) is 54.9 Å². The third-order valence-electron chi connectivity index (χ3n) is 6.07. The first-order valence-corrected chi connectivity index (χ1v) is 10.4. The van der Waals surface area contributed by atoms with Gasteiger partial charge in [0.05, 0.1) is 7.11 Å². The second-order valence-corrected chi connectivity index (χ2v) is 7.93. The summed E-state index contributed by atoms with van der Waals surface area (Å²) in [6.45, 7) is 1.97. The third-order valence-corrected chi connectivity index (χ3v) is 6.07. The van der Waals surface area contributed by atoms with Crippen molar-refractivity contribution in [3.8, 4) is 5.75 Å². The fraction of sp³-hybridized carbons (Fsp3) is 0.375. The van der Waals surface area contributed by atoms with Crippen LogP contribution in [0.2, 0.25) is 0 Å².